The molecular weight excluding hydrogens is 284 g/mol. The van der Waals surface area contributed by atoms with Crippen LogP contribution in [0, 0.1) is 5.92 Å². The van der Waals surface area contributed by atoms with Crippen molar-refractivity contribution in [3.8, 4) is 0 Å². The Labute approximate surface area is 124 Å². The van der Waals surface area contributed by atoms with Gasteiger partial charge in [0.1, 0.15) is 0 Å². The summed E-state index contributed by atoms with van der Waals surface area (Å²) in [6, 6.07) is 0. The Hall–Kier alpha value is 0.480. The third-order valence-electron chi connectivity index (χ3n) is 4.05. The molecule has 0 aliphatic heterocycles. The van der Waals surface area contributed by atoms with Gasteiger partial charge in [-0.25, -0.2) is 0 Å². The van der Waals surface area contributed by atoms with E-state index in [0.717, 1.165) is 10.7 Å². The minimum absolute atomic E-state index is 0.768. The van der Waals surface area contributed by atoms with Crippen molar-refractivity contribution in [3.63, 3.8) is 0 Å². The van der Waals surface area contributed by atoms with E-state index in [4.69, 9.17) is 0 Å². The van der Waals surface area contributed by atoms with Crippen LogP contribution in [-0.2, 0) is 0 Å². The lowest BCUT2D eigenvalue weighted by Crippen LogP contribution is -2.13. The average molecular weight is 319 g/mol. The Kier molecular flexibility index (Phi) is 14.3. The van der Waals surface area contributed by atoms with Gasteiger partial charge in [0.2, 0.25) is 0 Å². The molecule has 0 bridgehead atoms. The average Bonchev–Trinajstić information content (AvgIpc) is 2.38. The van der Waals surface area contributed by atoms with Crippen LogP contribution in [0.2, 0.25) is 0 Å². The molecule has 0 aliphatic carbocycles. The van der Waals surface area contributed by atoms with Crippen LogP contribution in [0.5, 0.6) is 0 Å². The molecule has 0 N–H and O–H groups in total. The van der Waals surface area contributed by atoms with Crippen molar-refractivity contribution >= 4 is 15.9 Å². The number of halogens is 1. The normalized spacial score (nSPS) is 14.7. The summed E-state index contributed by atoms with van der Waals surface area (Å²) in [6.07, 6.45) is 16.9. The first-order valence-electron chi connectivity index (χ1n) is 8.40. The highest BCUT2D eigenvalue weighted by Crippen LogP contribution is 2.27. The van der Waals surface area contributed by atoms with Crippen LogP contribution in [0.4, 0.5) is 0 Å². The van der Waals surface area contributed by atoms with Crippen molar-refractivity contribution in [2.24, 2.45) is 5.92 Å². The molecule has 0 saturated heterocycles. The van der Waals surface area contributed by atoms with Crippen molar-refractivity contribution in [3.05, 3.63) is 0 Å². The predicted molar refractivity (Wildman–Crippen MR) is 88.6 cm³/mol. The largest absolute Gasteiger partial charge is 0.0888 e. The lowest BCUT2D eigenvalue weighted by molar-refractivity contribution is 0.409. The Balaban J connectivity index is 3.55. The zero-order valence-corrected chi connectivity index (χ0v) is 14.6. The Morgan fingerprint density at radius 3 is 1.78 bits per heavy atom. The van der Waals surface area contributed by atoms with Crippen LogP contribution in [-0.4, -0.2) is 4.83 Å². The number of rotatable bonds is 13. The SMILES string of the molecule is CCCCCCCCC(CC)C(Br)CCCCC. The minimum atomic E-state index is 0.768. The first-order chi connectivity index (χ1) is 8.76. The van der Waals surface area contributed by atoms with E-state index in [1.807, 2.05) is 0 Å². The van der Waals surface area contributed by atoms with Gasteiger partial charge in [0.05, 0.1) is 0 Å². The summed E-state index contributed by atoms with van der Waals surface area (Å²) in [5, 5.41) is 0. The second-order valence-electron chi connectivity index (χ2n) is 5.74. The molecule has 2 unspecified atom stereocenters. The molecule has 2 atom stereocenters. The van der Waals surface area contributed by atoms with E-state index in [-0.39, 0.29) is 0 Å². The molecule has 0 amide bonds. The molecule has 0 nitrogen and oxygen atoms in total. The van der Waals surface area contributed by atoms with Crippen molar-refractivity contribution < 1.29 is 0 Å². The van der Waals surface area contributed by atoms with Crippen molar-refractivity contribution in [1.29, 1.82) is 0 Å². The second-order valence-corrected chi connectivity index (χ2v) is 6.91. The molecule has 0 rings (SSSR count). The van der Waals surface area contributed by atoms with E-state index < -0.39 is 0 Å². The molecular formula is C17H35Br. The molecule has 0 heterocycles. The molecule has 18 heavy (non-hydrogen) atoms. The minimum Gasteiger partial charge on any atom is -0.0888 e. The summed E-state index contributed by atoms with van der Waals surface area (Å²) in [5.74, 6) is 0.910. The number of alkyl halides is 1. The van der Waals surface area contributed by atoms with Crippen molar-refractivity contribution in [1.82, 2.24) is 0 Å². The highest BCUT2D eigenvalue weighted by molar-refractivity contribution is 9.09. The fraction of sp³-hybridized carbons (Fsp3) is 1.00. The highest BCUT2D eigenvalue weighted by Gasteiger charge is 2.15. The van der Waals surface area contributed by atoms with Crippen molar-refractivity contribution in [2.45, 2.75) is 103 Å². The number of hydrogen-bond acceptors (Lipinski definition) is 0. The van der Waals surface area contributed by atoms with Gasteiger partial charge in [-0.2, -0.15) is 0 Å². The number of hydrogen-bond donors (Lipinski definition) is 0. The van der Waals surface area contributed by atoms with E-state index in [1.54, 1.807) is 0 Å². The first kappa shape index (κ1) is 18.5. The van der Waals surface area contributed by atoms with E-state index in [9.17, 15) is 0 Å². The Morgan fingerprint density at radius 1 is 0.667 bits per heavy atom. The fourth-order valence-corrected chi connectivity index (χ4v) is 3.61. The third kappa shape index (κ3) is 10.4. The maximum atomic E-state index is 3.93. The van der Waals surface area contributed by atoms with Gasteiger partial charge in [-0.3, -0.25) is 0 Å². The van der Waals surface area contributed by atoms with E-state index in [2.05, 4.69) is 36.7 Å². The van der Waals surface area contributed by atoms with Crippen LogP contribution in [0.3, 0.4) is 0 Å². The molecule has 0 radical (unpaired) electrons. The molecule has 0 aliphatic rings. The molecule has 0 saturated carbocycles. The monoisotopic (exact) mass is 318 g/mol. The zero-order valence-electron chi connectivity index (χ0n) is 13.0. The smallest absolute Gasteiger partial charge is 0.0174 e. The highest BCUT2D eigenvalue weighted by atomic mass is 79.9. The van der Waals surface area contributed by atoms with Gasteiger partial charge < -0.3 is 0 Å². The zero-order chi connectivity index (χ0) is 13.6. The summed E-state index contributed by atoms with van der Waals surface area (Å²) in [4.78, 5) is 0.768. The van der Waals surface area contributed by atoms with Crippen LogP contribution >= 0.6 is 15.9 Å². The predicted octanol–water partition coefficient (Wildman–Crippen LogP) is 7.11. The van der Waals surface area contributed by atoms with Crippen LogP contribution in [0.15, 0.2) is 0 Å². The van der Waals surface area contributed by atoms with Gasteiger partial charge in [-0.1, -0.05) is 101 Å². The van der Waals surface area contributed by atoms with Gasteiger partial charge in [0.25, 0.3) is 0 Å². The Morgan fingerprint density at radius 2 is 1.17 bits per heavy atom. The standard InChI is InChI=1S/C17H35Br/c1-4-7-9-10-11-13-14-16(6-3)17(18)15-12-8-5-2/h16-17H,4-15H2,1-3H3. The van der Waals surface area contributed by atoms with E-state index >= 15 is 0 Å². The van der Waals surface area contributed by atoms with Gasteiger partial charge >= 0.3 is 0 Å². The third-order valence-corrected chi connectivity index (χ3v) is 5.25. The molecule has 0 aromatic carbocycles. The van der Waals surface area contributed by atoms with Gasteiger partial charge in [-0.15, -0.1) is 0 Å². The lowest BCUT2D eigenvalue weighted by Gasteiger charge is -2.21. The summed E-state index contributed by atoms with van der Waals surface area (Å²) in [7, 11) is 0. The van der Waals surface area contributed by atoms with Crippen molar-refractivity contribution in [2.75, 3.05) is 0 Å². The topological polar surface area (TPSA) is 0 Å². The molecule has 0 spiro atoms. The van der Waals surface area contributed by atoms with E-state index in [0.29, 0.717) is 0 Å². The fourth-order valence-electron chi connectivity index (χ4n) is 2.65. The molecule has 0 aromatic rings. The first-order valence-corrected chi connectivity index (χ1v) is 9.31. The quantitative estimate of drug-likeness (QED) is 0.251. The molecule has 1 heteroatoms. The van der Waals surface area contributed by atoms with Gasteiger partial charge in [0, 0.05) is 4.83 Å². The summed E-state index contributed by atoms with van der Waals surface area (Å²) >= 11 is 3.93. The maximum absolute atomic E-state index is 3.93. The van der Waals surface area contributed by atoms with Crippen LogP contribution in [0.1, 0.15) is 97.8 Å². The molecule has 110 valence electrons. The lowest BCUT2D eigenvalue weighted by atomic mass is 9.92. The number of unbranched alkanes of at least 4 members (excludes halogenated alkanes) is 7. The molecule has 0 aromatic heterocycles. The molecule has 0 fully saturated rings. The van der Waals surface area contributed by atoms with Gasteiger partial charge in [0.15, 0.2) is 0 Å². The summed E-state index contributed by atoms with van der Waals surface area (Å²) in [5.41, 5.74) is 0. The second kappa shape index (κ2) is 13.9. The van der Waals surface area contributed by atoms with Crippen LogP contribution < -0.4 is 0 Å². The Bertz CT molecular complexity index is 156. The van der Waals surface area contributed by atoms with Gasteiger partial charge in [-0.05, 0) is 18.8 Å². The maximum Gasteiger partial charge on any atom is 0.0174 e. The summed E-state index contributed by atoms with van der Waals surface area (Å²) in [6.45, 7) is 6.94. The summed E-state index contributed by atoms with van der Waals surface area (Å²) < 4.78 is 0. The van der Waals surface area contributed by atoms with E-state index in [1.165, 1.54) is 77.0 Å². The van der Waals surface area contributed by atoms with Crippen LogP contribution in [0.25, 0.3) is 0 Å².